The molecule has 0 unspecified atom stereocenters. The molecule has 1 heterocycles. The quantitative estimate of drug-likeness (QED) is 0.493. The van der Waals surface area contributed by atoms with E-state index >= 15 is 0 Å². The van der Waals surface area contributed by atoms with Crippen molar-refractivity contribution >= 4 is 38.3 Å². The van der Waals surface area contributed by atoms with E-state index in [1.54, 1.807) is 11.3 Å². The van der Waals surface area contributed by atoms with Crippen LogP contribution in [-0.2, 0) is 4.79 Å². The van der Waals surface area contributed by atoms with E-state index in [1.807, 2.05) is 37.3 Å². The first-order chi connectivity index (χ1) is 8.65. The highest BCUT2D eigenvalue weighted by Gasteiger charge is 2.11. The number of hydrogen-bond donors (Lipinski definition) is 0. The largest absolute Gasteiger partial charge is 0.426 e. The zero-order chi connectivity index (χ0) is 12.7. The van der Waals surface area contributed by atoms with Gasteiger partial charge < -0.3 is 4.74 Å². The monoisotopic (exact) mass is 257 g/mol. The van der Waals surface area contributed by atoms with Crippen molar-refractivity contribution in [1.29, 1.82) is 0 Å². The first-order valence-corrected chi connectivity index (χ1v) is 6.44. The number of carbonyl (C=O) groups excluding carboxylic acids is 1. The molecule has 1 aromatic heterocycles. The molecule has 3 aromatic rings. The Morgan fingerprint density at radius 3 is 2.72 bits per heavy atom. The SMILES string of the molecule is CC(=O)Oc1cc2sc(C)nc2c2ccccc12. The molecule has 0 aliphatic heterocycles. The van der Waals surface area contributed by atoms with Gasteiger partial charge in [0.25, 0.3) is 0 Å². The molecular weight excluding hydrogens is 246 g/mol. The highest BCUT2D eigenvalue weighted by Crippen LogP contribution is 2.35. The molecule has 0 amide bonds. The van der Waals surface area contributed by atoms with Crippen molar-refractivity contribution in [3.05, 3.63) is 35.3 Å². The van der Waals surface area contributed by atoms with Gasteiger partial charge in [-0.25, -0.2) is 4.98 Å². The number of nitrogens with zero attached hydrogens (tertiary/aromatic N) is 1. The molecule has 0 bridgehead atoms. The fourth-order valence-electron chi connectivity index (χ4n) is 2.07. The smallest absolute Gasteiger partial charge is 0.308 e. The number of aryl methyl sites for hydroxylation is 1. The van der Waals surface area contributed by atoms with Crippen LogP contribution < -0.4 is 4.74 Å². The summed E-state index contributed by atoms with van der Waals surface area (Å²) in [5.41, 5.74) is 0.976. The fraction of sp³-hybridized carbons (Fsp3) is 0.143. The van der Waals surface area contributed by atoms with Gasteiger partial charge in [0.05, 0.1) is 15.2 Å². The predicted molar refractivity (Wildman–Crippen MR) is 73.2 cm³/mol. The van der Waals surface area contributed by atoms with Crippen LogP contribution in [0.15, 0.2) is 30.3 Å². The van der Waals surface area contributed by atoms with Gasteiger partial charge in [-0.1, -0.05) is 24.3 Å². The van der Waals surface area contributed by atoms with Crippen molar-refractivity contribution in [3.8, 4) is 5.75 Å². The van der Waals surface area contributed by atoms with E-state index in [2.05, 4.69) is 4.98 Å². The summed E-state index contributed by atoms with van der Waals surface area (Å²) < 4.78 is 6.33. The lowest BCUT2D eigenvalue weighted by Crippen LogP contribution is -2.01. The molecule has 0 N–H and O–H groups in total. The van der Waals surface area contributed by atoms with Gasteiger partial charge in [-0.3, -0.25) is 4.79 Å². The van der Waals surface area contributed by atoms with Crippen LogP contribution in [0.4, 0.5) is 0 Å². The molecule has 0 saturated heterocycles. The van der Waals surface area contributed by atoms with Crippen molar-refractivity contribution in [2.24, 2.45) is 0 Å². The van der Waals surface area contributed by atoms with Gasteiger partial charge in [0.1, 0.15) is 5.75 Å². The van der Waals surface area contributed by atoms with Crippen molar-refractivity contribution < 1.29 is 9.53 Å². The van der Waals surface area contributed by atoms with Crippen molar-refractivity contribution in [1.82, 2.24) is 4.98 Å². The van der Waals surface area contributed by atoms with Crippen LogP contribution in [0.1, 0.15) is 11.9 Å². The zero-order valence-corrected chi connectivity index (χ0v) is 10.9. The second-order valence-electron chi connectivity index (χ2n) is 4.09. The van der Waals surface area contributed by atoms with Crippen LogP contribution in [0.25, 0.3) is 21.0 Å². The van der Waals surface area contributed by atoms with Crippen LogP contribution in [0, 0.1) is 6.92 Å². The van der Waals surface area contributed by atoms with Gasteiger partial charge in [0, 0.05) is 23.8 Å². The first kappa shape index (κ1) is 11.2. The molecule has 0 atom stereocenters. The predicted octanol–water partition coefficient (Wildman–Crippen LogP) is 3.68. The molecule has 2 aromatic carbocycles. The number of rotatable bonds is 1. The Bertz CT molecular complexity index is 761. The first-order valence-electron chi connectivity index (χ1n) is 5.62. The van der Waals surface area contributed by atoms with Gasteiger partial charge >= 0.3 is 5.97 Å². The Hall–Kier alpha value is -1.94. The molecule has 4 heteroatoms. The van der Waals surface area contributed by atoms with Crippen molar-refractivity contribution in [3.63, 3.8) is 0 Å². The van der Waals surface area contributed by atoms with E-state index in [-0.39, 0.29) is 5.97 Å². The van der Waals surface area contributed by atoms with E-state index in [0.29, 0.717) is 5.75 Å². The Labute approximate surface area is 108 Å². The third-order valence-electron chi connectivity index (χ3n) is 2.72. The van der Waals surface area contributed by atoms with Crippen molar-refractivity contribution in [2.75, 3.05) is 0 Å². The minimum absolute atomic E-state index is 0.305. The van der Waals surface area contributed by atoms with Gasteiger partial charge in [-0.2, -0.15) is 0 Å². The molecular formula is C14H11NO2S. The molecule has 0 radical (unpaired) electrons. The summed E-state index contributed by atoms with van der Waals surface area (Å²) in [5, 5.41) is 2.95. The van der Waals surface area contributed by atoms with Gasteiger partial charge in [0.2, 0.25) is 0 Å². The molecule has 0 fully saturated rings. The number of aromatic nitrogens is 1. The van der Waals surface area contributed by atoms with E-state index < -0.39 is 0 Å². The summed E-state index contributed by atoms with van der Waals surface area (Å²) in [6.07, 6.45) is 0. The average Bonchev–Trinajstić information content (AvgIpc) is 2.69. The third-order valence-corrected chi connectivity index (χ3v) is 3.64. The van der Waals surface area contributed by atoms with Crippen LogP contribution in [-0.4, -0.2) is 11.0 Å². The van der Waals surface area contributed by atoms with Crippen LogP contribution in [0.3, 0.4) is 0 Å². The lowest BCUT2D eigenvalue weighted by Gasteiger charge is -2.06. The molecule has 3 nitrogen and oxygen atoms in total. The highest BCUT2D eigenvalue weighted by atomic mass is 32.1. The summed E-state index contributed by atoms with van der Waals surface area (Å²) in [6, 6.07) is 9.74. The molecule has 0 aliphatic rings. The Morgan fingerprint density at radius 2 is 2.00 bits per heavy atom. The van der Waals surface area contributed by atoms with Gasteiger partial charge in [-0.05, 0) is 6.92 Å². The van der Waals surface area contributed by atoms with E-state index in [9.17, 15) is 4.79 Å². The number of esters is 1. The Kier molecular flexibility index (Phi) is 2.52. The van der Waals surface area contributed by atoms with Gasteiger partial charge in [0.15, 0.2) is 0 Å². The number of carbonyl (C=O) groups is 1. The molecule has 18 heavy (non-hydrogen) atoms. The van der Waals surface area contributed by atoms with E-state index in [0.717, 1.165) is 26.0 Å². The number of hydrogen-bond acceptors (Lipinski definition) is 4. The average molecular weight is 257 g/mol. The molecule has 0 aliphatic carbocycles. The van der Waals surface area contributed by atoms with Crippen molar-refractivity contribution in [2.45, 2.75) is 13.8 Å². The van der Waals surface area contributed by atoms with Crippen LogP contribution in [0.5, 0.6) is 5.75 Å². The second-order valence-corrected chi connectivity index (χ2v) is 5.33. The van der Waals surface area contributed by atoms with Crippen LogP contribution in [0.2, 0.25) is 0 Å². The lowest BCUT2D eigenvalue weighted by molar-refractivity contribution is -0.131. The summed E-state index contributed by atoms with van der Waals surface area (Å²) in [7, 11) is 0. The molecule has 90 valence electrons. The third kappa shape index (κ3) is 1.75. The molecule has 0 saturated carbocycles. The number of benzene rings is 2. The maximum absolute atomic E-state index is 11.2. The van der Waals surface area contributed by atoms with Gasteiger partial charge in [-0.15, -0.1) is 11.3 Å². The number of ether oxygens (including phenoxy) is 1. The summed E-state index contributed by atoms with van der Waals surface area (Å²) >= 11 is 1.61. The maximum Gasteiger partial charge on any atom is 0.308 e. The highest BCUT2D eigenvalue weighted by molar-refractivity contribution is 7.18. The Balaban J connectivity index is 2.41. The minimum Gasteiger partial charge on any atom is -0.426 e. The fourth-order valence-corrected chi connectivity index (χ4v) is 2.95. The summed E-state index contributed by atoms with van der Waals surface area (Å²) in [6.45, 7) is 3.39. The zero-order valence-electron chi connectivity index (χ0n) is 10.1. The Morgan fingerprint density at radius 1 is 1.28 bits per heavy atom. The second kappa shape index (κ2) is 4.07. The van der Waals surface area contributed by atoms with E-state index in [4.69, 9.17) is 4.74 Å². The summed E-state index contributed by atoms with van der Waals surface area (Å²) in [4.78, 5) is 15.7. The maximum atomic E-state index is 11.2. The van der Waals surface area contributed by atoms with E-state index in [1.165, 1.54) is 6.92 Å². The van der Waals surface area contributed by atoms with Crippen LogP contribution >= 0.6 is 11.3 Å². The number of thiazole rings is 1. The molecule has 0 spiro atoms. The number of fused-ring (bicyclic) bond motifs is 3. The topological polar surface area (TPSA) is 39.2 Å². The normalized spacial score (nSPS) is 11.0. The standard InChI is InChI=1S/C14H11NO2S/c1-8-15-14-11-6-4-3-5-10(11)12(17-9(2)16)7-13(14)18-8/h3-7H,1-2H3. The lowest BCUT2D eigenvalue weighted by atomic mass is 10.1. The minimum atomic E-state index is -0.305. The molecule has 3 rings (SSSR count). The summed E-state index contributed by atoms with van der Waals surface area (Å²) in [5.74, 6) is 0.301.